The first-order valence-electron chi connectivity index (χ1n) is 19.1. The molecule has 2 atom stereocenters. The van der Waals surface area contributed by atoms with Crippen LogP contribution in [0.15, 0.2) is 189 Å². The maximum atomic E-state index is 12.8. The van der Waals surface area contributed by atoms with E-state index in [2.05, 4.69) is 0 Å². The van der Waals surface area contributed by atoms with Gasteiger partial charge in [0.15, 0.2) is 0 Å². The smallest absolute Gasteiger partial charge is 0.282 e. The van der Waals surface area contributed by atoms with Gasteiger partial charge in [-0.2, -0.15) is 33.7 Å². The highest BCUT2D eigenvalue weighted by Crippen LogP contribution is 2.49. The maximum absolute atomic E-state index is 12.8. The average Bonchev–Trinajstić information content (AvgIpc) is 3.26. The third-order valence-electron chi connectivity index (χ3n) is 10.7. The van der Waals surface area contributed by atoms with Crippen LogP contribution in [0.25, 0.3) is 32.7 Å². The fourth-order valence-electron chi connectivity index (χ4n) is 7.71. The van der Waals surface area contributed by atoms with Crippen molar-refractivity contribution >= 4 is 99.1 Å². The molecule has 12 nitrogen and oxygen atoms in total. The lowest BCUT2D eigenvalue weighted by molar-refractivity contribution is 0.481. The van der Waals surface area contributed by atoms with E-state index in [1.54, 1.807) is 24.3 Å². The lowest BCUT2D eigenvalue weighted by Gasteiger charge is -2.26. The Morgan fingerprint density at radius 2 is 0.641 bits per heavy atom. The van der Waals surface area contributed by atoms with Crippen LogP contribution in [0.5, 0.6) is 0 Å². The monoisotopic (exact) mass is 970 g/mol. The summed E-state index contributed by atoms with van der Waals surface area (Å²) in [6, 6.07) is 46.0. The van der Waals surface area contributed by atoms with Crippen LogP contribution < -0.4 is 21.2 Å². The molecule has 4 N–H and O–H groups in total. The Hall–Kier alpha value is -5.22. The van der Waals surface area contributed by atoms with Crippen LogP contribution in [-0.4, -0.2) is 51.9 Å². The average molecular weight is 971 g/mol. The van der Waals surface area contributed by atoms with Gasteiger partial charge >= 0.3 is 0 Å². The summed E-state index contributed by atoms with van der Waals surface area (Å²) in [6.07, 6.45) is 0.376. The Kier molecular flexibility index (Phi) is 12.5. The van der Waals surface area contributed by atoms with Crippen LogP contribution in [0.3, 0.4) is 0 Å². The summed E-state index contributed by atoms with van der Waals surface area (Å²) >= 11 is 0. The summed E-state index contributed by atoms with van der Waals surface area (Å²) in [5.41, 5.74) is 2.10. The van der Waals surface area contributed by atoms with Gasteiger partial charge in [-0.3, -0.25) is 18.2 Å². The minimum Gasteiger partial charge on any atom is -0.282 e. The van der Waals surface area contributed by atoms with E-state index in [9.17, 15) is 51.9 Å². The van der Waals surface area contributed by atoms with E-state index in [1.165, 1.54) is 72.8 Å². The Labute approximate surface area is 372 Å². The van der Waals surface area contributed by atoms with E-state index >= 15 is 0 Å². The van der Waals surface area contributed by atoms with Crippen molar-refractivity contribution in [2.75, 3.05) is 0 Å². The number of benzene rings is 8. The van der Waals surface area contributed by atoms with Gasteiger partial charge < -0.3 is 0 Å². The second-order valence-corrected chi connectivity index (χ2v) is 24.8. The molecule has 0 spiro atoms. The number of rotatable bonds is 13. The molecule has 0 aromatic heterocycles. The summed E-state index contributed by atoms with van der Waals surface area (Å²) in [7, 11) is -21.8. The van der Waals surface area contributed by atoms with Crippen molar-refractivity contribution in [1.82, 2.24) is 0 Å². The van der Waals surface area contributed by atoms with Crippen molar-refractivity contribution < 1.29 is 51.9 Å². The molecule has 0 bridgehead atoms. The summed E-state index contributed by atoms with van der Waals surface area (Å²) < 4.78 is 142. The van der Waals surface area contributed by atoms with Gasteiger partial charge in [0.2, 0.25) is 0 Å². The first-order valence-corrected chi connectivity index (χ1v) is 27.9. The molecule has 0 aliphatic carbocycles. The minimum atomic E-state index is -4.77. The van der Waals surface area contributed by atoms with E-state index in [-0.39, 0.29) is 22.1 Å². The maximum Gasteiger partial charge on any atom is 0.294 e. The summed E-state index contributed by atoms with van der Waals surface area (Å²) in [5.74, 6) is 0. The lowest BCUT2D eigenvalue weighted by Crippen LogP contribution is -2.16. The van der Waals surface area contributed by atoms with Gasteiger partial charge in [0, 0.05) is 12.3 Å². The molecule has 0 saturated carbocycles. The molecule has 18 heteroatoms. The minimum absolute atomic E-state index is 0.188. The molecule has 0 saturated heterocycles. The number of hydrogen-bond acceptors (Lipinski definition) is 8. The lowest BCUT2D eigenvalue weighted by atomic mass is 9.88. The van der Waals surface area contributed by atoms with Crippen molar-refractivity contribution in [2.24, 2.45) is 0 Å². The van der Waals surface area contributed by atoms with Crippen molar-refractivity contribution in [3.63, 3.8) is 0 Å². The molecule has 64 heavy (non-hydrogen) atoms. The Balaban J connectivity index is 1.48. The van der Waals surface area contributed by atoms with Gasteiger partial charge in [-0.15, -0.1) is 0 Å². The van der Waals surface area contributed by atoms with Crippen LogP contribution in [0.2, 0.25) is 0 Å². The van der Waals surface area contributed by atoms with Gasteiger partial charge in [-0.05, 0) is 129 Å². The zero-order valence-electron chi connectivity index (χ0n) is 33.2. The molecule has 326 valence electrons. The van der Waals surface area contributed by atoms with Crippen LogP contribution in [0, 0.1) is 0 Å². The van der Waals surface area contributed by atoms with Gasteiger partial charge in [-0.1, -0.05) is 121 Å². The van der Waals surface area contributed by atoms with Gasteiger partial charge in [0.05, 0.1) is 19.6 Å². The summed E-state index contributed by atoms with van der Waals surface area (Å²) in [6.45, 7) is 0. The summed E-state index contributed by atoms with van der Waals surface area (Å²) in [5, 5.41) is 4.59. The van der Waals surface area contributed by atoms with E-state index < -0.39 is 66.1 Å². The number of fused-ring (bicyclic) bond motifs is 2. The second kappa shape index (κ2) is 17.6. The molecule has 0 aliphatic heterocycles. The molecule has 0 aliphatic rings. The normalized spacial score (nSPS) is 13.5. The molecule has 0 heterocycles. The Bertz CT molecular complexity index is 3340. The van der Waals surface area contributed by atoms with E-state index in [0.29, 0.717) is 54.4 Å². The molecule has 0 fully saturated rings. The Morgan fingerprint density at radius 1 is 0.328 bits per heavy atom. The predicted octanol–water partition coefficient (Wildman–Crippen LogP) is 7.91. The highest BCUT2D eigenvalue weighted by atomic mass is 32.2. The third kappa shape index (κ3) is 9.73. The van der Waals surface area contributed by atoms with Crippen molar-refractivity contribution in [3.05, 3.63) is 181 Å². The quantitative estimate of drug-likeness (QED) is 0.0640. The molecule has 2 unspecified atom stereocenters. The highest BCUT2D eigenvalue weighted by molar-refractivity contribution is 7.86. The topological polar surface area (TPSA) is 217 Å². The fourth-order valence-corrected chi connectivity index (χ4v) is 14.7. The van der Waals surface area contributed by atoms with Gasteiger partial charge in [0.1, 0.15) is 0 Å². The van der Waals surface area contributed by atoms with Crippen molar-refractivity contribution in [1.29, 1.82) is 0 Å². The first-order chi connectivity index (χ1) is 30.3. The fraction of sp³-hybridized carbons (Fsp3) is 0.0435. The third-order valence-corrected chi connectivity index (χ3v) is 19.0. The van der Waals surface area contributed by atoms with Crippen molar-refractivity contribution in [3.8, 4) is 11.1 Å². The summed E-state index contributed by atoms with van der Waals surface area (Å²) in [4.78, 5) is -1.46. The van der Waals surface area contributed by atoms with E-state index in [4.69, 9.17) is 0 Å². The van der Waals surface area contributed by atoms with Gasteiger partial charge in [0.25, 0.3) is 40.5 Å². The zero-order chi connectivity index (χ0) is 45.6. The molecule has 8 aromatic carbocycles. The molecule has 0 radical (unpaired) electrons. The van der Waals surface area contributed by atoms with Crippen LogP contribution in [0.4, 0.5) is 0 Å². The molecule has 0 amide bonds. The van der Waals surface area contributed by atoms with Crippen molar-refractivity contribution in [2.45, 2.75) is 31.9 Å². The Morgan fingerprint density at radius 3 is 0.984 bits per heavy atom. The first kappa shape index (κ1) is 45.4. The van der Waals surface area contributed by atoms with Crippen LogP contribution >= 0.6 is 15.8 Å². The van der Waals surface area contributed by atoms with E-state index in [0.717, 1.165) is 10.6 Å². The predicted molar refractivity (Wildman–Crippen MR) is 252 cm³/mol. The SMILES string of the molecule is O=S(=O)(O)c1cccc(P(Cc2ccc3ccc(S(=O)(=O)O)cc3c2-c2c(CP(c3ccccc3)c3cccc(S(=O)(=O)O)c3)ccc3ccc(S(=O)(=O)O)cc23)c2ccccc2)c1. The molecule has 8 aromatic rings. The molecule has 8 rings (SSSR count). The van der Waals surface area contributed by atoms with E-state index in [1.807, 2.05) is 72.8 Å². The van der Waals surface area contributed by atoms with Gasteiger partial charge in [-0.25, -0.2) is 0 Å². The van der Waals surface area contributed by atoms with Crippen LogP contribution in [0.1, 0.15) is 11.1 Å². The largest absolute Gasteiger partial charge is 0.294 e. The highest BCUT2D eigenvalue weighted by Gasteiger charge is 2.27. The molecular formula is C46H36O12P2S4. The second-order valence-electron chi connectivity index (χ2n) is 14.7. The zero-order valence-corrected chi connectivity index (χ0v) is 38.2. The van der Waals surface area contributed by atoms with Crippen LogP contribution in [-0.2, 0) is 52.8 Å². The number of hydrogen-bond donors (Lipinski definition) is 4. The molecular weight excluding hydrogens is 935 g/mol. The standard InChI is InChI=1S/C46H36O12P2S4/c47-61(48,49)39-15-7-13-37(25-39)59(35-9-3-1-4-10-35)29-33-19-17-31-21-23-41(63(53,54)55)27-43(31)45(33)46-34(20-18-32-22-24-42(28-44(32)46)64(56,57)58)30-60(36-11-5-2-6-12-36)38-14-8-16-40(26-38)62(50,51)52/h1-28H,29-30H2,(H,47,48,49)(H,50,51,52)(H,53,54,55)(H,56,57,58).